The molecule has 0 aliphatic carbocycles. The molecule has 0 amide bonds. The maximum absolute atomic E-state index is 11.2. The Bertz CT molecular complexity index is 336. The van der Waals surface area contributed by atoms with Crippen LogP contribution in [0.5, 0.6) is 5.75 Å². The summed E-state index contributed by atoms with van der Waals surface area (Å²) in [6, 6.07) is 5.32. The van der Waals surface area contributed by atoms with Gasteiger partial charge in [-0.25, -0.2) is 4.79 Å². The van der Waals surface area contributed by atoms with Crippen LogP contribution >= 0.6 is 0 Å². The molecule has 4 heteroatoms. The van der Waals surface area contributed by atoms with Crippen molar-refractivity contribution >= 4 is 13.8 Å². The Morgan fingerprint density at radius 3 is 2.64 bits per heavy atom. The van der Waals surface area contributed by atoms with E-state index in [1.165, 1.54) is 7.11 Å². The zero-order valence-electron chi connectivity index (χ0n) is 8.66. The monoisotopic (exact) mass is 192 g/mol. The highest BCUT2D eigenvalue weighted by Crippen LogP contribution is 2.20. The molecular weight excluding hydrogens is 179 g/mol. The van der Waals surface area contributed by atoms with Crippen molar-refractivity contribution in [1.29, 1.82) is 0 Å². The van der Waals surface area contributed by atoms with Crippen molar-refractivity contribution in [3.05, 3.63) is 29.3 Å². The van der Waals surface area contributed by atoms with Crippen molar-refractivity contribution in [2.24, 2.45) is 0 Å². The van der Waals surface area contributed by atoms with Crippen molar-refractivity contribution in [3.8, 4) is 5.75 Å². The first kappa shape index (κ1) is 10.6. The summed E-state index contributed by atoms with van der Waals surface area (Å²) in [6.07, 6.45) is 0.880. The second kappa shape index (κ2) is 4.70. The van der Waals surface area contributed by atoms with Crippen LogP contribution in [0.2, 0.25) is 0 Å². The van der Waals surface area contributed by atoms with E-state index in [0.29, 0.717) is 5.56 Å². The van der Waals surface area contributed by atoms with Crippen molar-refractivity contribution in [2.45, 2.75) is 6.32 Å². The molecule has 0 saturated heterocycles. The average Bonchev–Trinajstić information content (AvgIpc) is 2.26. The Hall–Kier alpha value is -1.45. The molecule has 0 heterocycles. The fraction of sp³-hybridized carbons (Fsp3) is 0.300. The number of methoxy groups -OCH3 is 2. The lowest BCUT2D eigenvalue weighted by atomic mass is 9.95. The number of esters is 1. The van der Waals surface area contributed by atoms with E-state index in [4.69, 9.17) is 4.74 Å². The first-order chi connectivity index (χ1) is 6.72. The molecule has 0 spiro atoms. The summed E-state index contributed by atoms with van der Waals surface area (Å²) in [5, 5.41) is 0. The summed E-state index contributed by atoms with van der Waals surface area (Å²) in [4.78, 5) is 11.2. The highest BCUT2D eigenvalue weighted by Gasteiger charge is 2.08. The number of benzene rings is 1. The van der Waals surface area contributed by atoms with Gasteiger partial charge in [0.1, 0.15) is 13.6 Å². The quantitative estimate of drug-likeness (QED) is 0.520. The van der Waals surface area contributed by atoms with Gasteiger partial charge in [0, 0.05) is 0 Å². The van der Waals surface area contributed by atoms with E-state index in [1.807, 2.05) is 13.9 Å². The standard InChI is InChI=1S/C10H13BO3/c1-13-9-5-7(10(12)14-2)3-4-8(9)6-11/h3-5H,6,11H2,1-2H3. The van der Waals surface area contributed by atoms with E-state index >= 15 is 0 Å². The molecule has 14 heavy (non-hydrogen) atoms. The minimum absolute atomic E-state index is 0.342. The van der Waals surface area contributed by atoms with E-state index in [1.54, 1.807) is 19.2 Å². The molecule has 0 atom stereocenters. The Kier molecular flexibility index (Phi) is 3.57. The molecule has 1 rings (SSSR count). The summed E-state index contributed by atoms with van der Waals surface area (Å²) in [5.74, 6) is 0.390. The van der Waals surface area contributed by atoms with Crippen LogP contribution in [0.1, 0.15) is 15.9 Å². The highest BCUT2D eigenvalue weighted by molar-refractivity contribution is 6.08. The van der Waals surface area contributed by atoms with Gasteiger partial charge in [-0.1, -0.05) is 12.4 Å². The van der Waals surface area contributed by atoms with Crippen LogP contribution in [0.3, 0.4) is 0 Å². The number of carbonyl (C=O) groups is 1. The molecule has 74 valence electrons. The largest absolute Gasteiger partial charge is 0.496 e. The maximum Gasteiger partial charge on any atom is 0.337 e. The Morgan fingerprint density at radius 1 is 1.43 bits per heavy atom. The number of rotatable bonds is 3. The third-order valence-corrected chi connectivity index (χ3v) is 2.09. The zero-order valence-corrected chi connectivity index (χ0v) is 8.66. The van der Waals surface area contributed by atoms with E-state index in [-0.39, 0.29) is 5.97 Å². The van der Waals surface area contributed by atoms with Gasteiger partial charge in [0.15, 0.2) is 0 Å². The van der Waals surface area contributed by atoms with Gasteiger partial charge in [-0.05, 0) is 17.7 Å². The lowest BCUT2D eigenvalue weighted by molar-refractivity contribution is 0.0600. The third-order valence-electron chi connectivity index (χ3n) is 2.09. The molecule has 1 aromatic rings. The fourth-order valence-electron chi connectivity index (χ4n) is 1.28. The van der Waals surface area contributed by atoms with Gasteiger partial charge in [-0.2, -0.15) is 0 Å². The Labute approximate surface area is 84.4 Å². The van der Waals surface area contributed by atoms with Gasteiger partial charge >= 0.3 is 5.97 Å². The number of carbonyl (C=O) groups excluding carboxylic acids is 1. The van der Waals surface area contributed by atoms with Crippen molar-refractivity contribution in [3.63, 3.8) is 0 Å². The number of ether oxygens (including phenoxy) is 2. The summed E-state index contributed by atoms with van der Waals surface area (Å²) < 4.78 is 9.78. The second-order valence-corrected chi connectivity index (χ2v) is 2.87. The first-order valence-corrected chi connectivity index (χ1v) is 4.48. The summed E-state index contributed by atoms with van der Waals surface area (Å²) in [7, 11) is 4.99. The molecule has 0 radical (unpaired) electrons. The van der Waals surface area contributed by atoms with E-state index in [2.05, 4.69) is 4.74 Å². The molecular formula is C10H13BO3. The van der Waals surface area contributed by atoms with Crippen molar-refractivity contribution in [1.82, 2.24) is 0 Å². The van der Waals surface area contributed by atoms with Crippen LogP contribution in [0.25, 0.3) is 0 Å². The van der Waals surface area contributed by atoms with Gasteiger partial charge in [0.2, 0.25) is 0 Å². The molecule has 0 bridgehead atoms. The van der Waals surface area contributed by atoms with Gasteiger partial charge < -0.3 is 9.47 Å². The van der Waals surface area contributed by atoms with Gasteiger partial charge in [0.05, 0.1) is 19.8 Å². The van der Waals surface area contributed by atoms with Crippen LogP contribution in [0.15, 0.2) is 18.2 Å². The van der Waals surface area contributed by atoms with Gasteiger partial charge in [0.25, 0.3) is 0 Å². The van der Waals surface area contributed by atoms with Gasteiger partial charge in [-0.3, -0.25) is 0 Å². The molecule has 0 aromatic heterocycles. The van der Waals surface area contributed by atoms with E-state index in [9.17, 15) is 4.79 Å². The van der Waals surface area contributed by atoms with Crippen LogP contribution in [0, 0.1) is 0 Å². The van der Waals surface area contributed by atoms with E-state index in [0.717, 1.165) is 17.6 Å². The summed E-state index contributed by atoms with van der Waals surface area (Å²) >= 11 is 0. The average molecular weight is 192 g/mol. The number of hydrogen-bond acceptors (Lipinski definition) is 3. The van der Waals surface area contributed by atoms with Crippen LogP contribution in [0.4, 0.5) is 0 Å². The van der Waals surface area contributed by atoms with Crippen LogP contribution < -0.4 is 4.74 Å². The minimum atomic E-state index is -0.342. The zero-order chi connectivity index (χ0) is 10.6. The van der Waals surface area contributed by atoms with E-state index < -0.39 is 0 Å². The smallest absolute Gasteiger partial charge is 0.337 e. The van der Waals surface area contributed by atoms with Gasteiger partial charge in [-0.15, -0.1) is 0 Å². The molecule has 0 unspecified atom stereocenters. The molecule has 1 aromatic carbocycles. The molecule has 0 saturated carbocycles. The lowest BCUT2D eigenvalue weighted by Crippen LogP contribution is -2.02. The normalized spacial score (nSPS) is 9.57. The van der Waals surface area contributed by atoms with Crippen LogP contribution in [-0.4, -0.2) is 28.0 Å². The molecule has 0 fully saturated rings. The highest BCUT2D eigenvalue weighted by atomic mass is 16.5. The third kappa shape index (κ3) is 2.07. The van der Waals surface area contributed by atoms with Crippen molar-refractivity contribution in [2.75, 3.05) is 14.2 Å². The predicted molar refractivity (Wildman–Crippen MR) is 56.6 cm³/mol. The molecule has 0 N–H and O–H groups in total. The molecule has 3 nitrogen and oxygen atoms in total. The lowest BCUT2D eigenvalue weighted by Gasteiger charge is -2.07. The first-order valence-electron chi connectivity index (χ1n) is 4.48. The van der Waals surface area contributed by atoms with Crippen LogP contribution in [-0.2, 0) is 11.1 Å². The maximum atomic E-state index is 11.2. The summed E-state index contributed by atoms with van der Waals surface area (Å²) in [6.45, 7) is 0. The minimum Gasteiger partial charge on any atom is -0.496 e. The SMILES string of the molecule is BCc1ccc(C(=O)OC)cc1OC. The Balaban J connectivity index is 3.07. The van der Waals surface area contributed by atoms with Crippen molar-refractivity contribution < 1.29 is 14.3 Å². The summed E-state index contributed by atoms with van der Waals surface area (Å²) in [5.41, 5.74) is 1.60. The Morgan fingerprint density at radius 2 is 2.14 bits per heavy atom. The topological polar surface area (TPSA) is 35.5 Å². The second-order valence-electron chi connectivity index (χ2n) is 2.87. The predicted octanol–water partition coefficient (Wildman–Crippen LogP) is 0.615. The molecule has 0 aliphatic heterocycles. The fourth-order valence-corrected chi connectivity index (χ4v) is 1.28. The number of hydrogen-bond donors (Lipinski definition) is 0. The molecule has 0 aliphatic rings.